The zero-order valence-corrected chi connectivity index (χ0v) is 18.9. The van der Waals surface area contributed by atoms with Crippen LogP contribution in [0.25, 0.3) is 0 Å². The first-order valence-electron chi connectivity index (χ1n) is 10.9. The Bertz CT molecular complexity index is 927. The highest BCUT2D eigenvalue weighted by atomic mass is 16.7. The Labute approximate surface area is 184 Å². The molecule has 0 radical (unpaired) electrons. The Hall–Kier alpha value is -2.38. The summed E-state index contributed by atoms with van der Waals surface area (Å²) in [5, 5.41) is 0. The SMILES string of the molecule is CCOC(=O)[C@@H]1CC1c1ccc(OCc2cccc(B3OC(C)(C)C(C)(C)O3)c2)cn1. The van der Waals surface area contributed by atoms with E-state index in [0.717, 1.165) is 23.1 Å². The molecular formula is C24H30BNO5. The monoisotopic (exact) mass is 423 g/mol. The quantitative estimate of drug-likeness (QED) is 0.501. The molecule has 1 unspecified atom stereocenters. The van der Waals surface area contributed by atoms with Gasteiger partial charge in [-0.1, -0.05) is 24.3 Å². The third kappa shape index (κ3) is 4.63. The summed E-state index contributed by atoms with van der Waals surface area (Å²) >= 11 is 0. The van der Waals surface area contributed by atoms with Crippen molar-refractivity contribution in [3.8, 4) is 5.75 Å². The second kappa shape index (κ2) is 8.28. The fourth-order valence-electron chi connectivity index (χ4n) is 3.70. The van der Waals surface area contributed by atoms with Gasteiger partial charge in [0.1, 0.15) is 12.4 Å². The molecule has 2 aromatic rings. The van der Waals surface area contributed by atoms with Crippen LogP contribution >= 0.6 is 0 Å². The predicted octanol–water partition coefficient (Wildman–Crippen LogP) is 3.63. The molecule has 31 heavy (non-hydrogen) atoms. The lowest BCUT2D eigenvalue weighted by Gasteiger charge is -2.32. The summed E-state index contributed by atoms with van der Waals surface area (Å²) in [6.07, 6.45) is 2.52. The number of esters is 1. The van der Waals surface area contributed by atoms with Gasteiger partial charge in [0.15, 0.2) is 0 Å². The Morgan fingerprint density at radius 2 is 1.90 bits per heavy atom. The second-order valence-electron chi connectivity index (χ2n) is 9.24. The van der Waals surface area contributed by atoms with Gasteiger partial charge in [-0.15, -0.1) is 0 Å². The number of rotatable bonds is 7. The molecule has 164 valence electrons. The van der Waals surface area contributed by atoms with Gasteiger partial charge < -0.3 is 18.8 Å². The summed E-state index contributed by atoms with van der Waals surface area (Å²) in [5.74, 6) is 0.663. The first kappa shape index (κ1) is 21.8. The highest BCUT2D eigenvalue weighted by molar-refractivity contribution is 6.62. The van der Waals surface area contributed by atoms with Crippen LogP contribution in [0.2, 0.25) is 0 Å². The van der Waals surface area contributed by atoms with Crippen LogP contribution in [0.4, 0.5) is 0 Å². The molecule has 2 aliphatic rings. The van der Waals surface area contributed by atoms with E-state index in [9.17, 15) is 4.79 Å². The number of ether oxygens (including phenoxy) is 2. The number of aromatic nitrogens is 1. The standard InChI is InChI=1S/C24H30BNO5/c1-6-28-22(27)20-13-19(20)21-11-10-18(14-26-21)29-15-16-8-7-9-17(12-16)25-30-23(2,3)24(4,5)31-25/h7-12,14,19-20H,6,13,15H2,1-5H3/t19?,20-/m1/s1. The Morgan fingerprint density at radius 1 is 1.16 bits per heavy atom. The summed E-state index contributed by atoms with van der Waals surface area (Å²) in [7, 11) is -0.392. The van der Waals surface area contributed by atoms with Gasteiger partial charge in [-0.25, -0.2) is 0 Å². The lowest BCUT2D eigenvalue weighted by Crippen LogP contribution is -2.41. The van der Waals surface area contributed by atoms with Crippen LogP contribution in [-0.4, -0.2) is 35.9 Å². The number of nitrogens with zero attached hydrogens (tertiary/aromatic N) is 1. The maximum absolute atomic E-state index is 11.8. The number of carbonyl (C=O) groups excluding carboxylic acids is 1. The minimum Gasteiger partial charge on any atom is -0.487 e. The van der Waals surface area contributed by atoms with E-state index in [2.05, 4.69) is 11.1 Å². The predicted molar refractivity (Wildman–Crippen MR) is 118 cm³/mol. The van der Waals surface area contributed by atoms with Crippen LogP contribution in [0.3, 0.4) is 0 Å². The van der Waals surface area contributed by atoms with Gasteiger partial charge in [0.2, 0.25) is 0 Å². The van der Waals surface area contributed by atoms with Crippen molar-refractivity contribution >= 4 is 18.6 Å². The normalized spacial score (nSPS) is 23.5. The highest BCUT2D eigenvalue weighted by Crippen LogP contribution is 2.47. The maximum Gasteiger partial charge on any atom is 0.494 e. The largest absolute Gasteiger partial charge is 0.494 e. The lowest BCUT2D eigenvalue weighted by atomic mass is 9.78. The molecular weight excluding hydrogens is 393 g/mol. The van der Waals surface area contributed by atoms with Crippen molar-refractivity contribution in [2.45, 2.75) is 64.8 Å². The van der Waals surface area contributed by atoms with E-state index in [0.29, 0.717) is 19.0 Å². The van der Waals surface area contributed by atoms with Gasteiger partial charge in [-0.05, 0) is 64.2 Å². The molecule has 1 aliphatic heterocycles. The van der Waals surface area contributed by atoms with Crippen LogP contribution in [0.15, 0.2) is 42.6 Å². The highest BCUT2D eigenvalue weighted by Gasteiger charge is 2.51. The zero-order valence-electron chi connectivity index (χ0n) is 18.9. The van der Waals surface area contributed by atoms with Crippen LogP contribution in [0.5, 0.6) is 5.75 Å². The Balaban J connectivity index is 1.34. The van der Waals surface area contributed by atoms with E-state index >= 15 is 0 Å². The molecule has 0 bridgehead atoms. The first-order valence-corrected chi connectivity index (χ1v) is 10.9. The molecule has 2 heterocycles. The molecule has 0 spiro atoms. The van der Waals surface area contributed by atoms with Gasteiger partial charge in [0.25, 0.3) is 0 Å². The molecule has 0 amide bonds. The number of benzene rings is 1. The summed E-state index contributed by atoms with van der Waals surface area (Å²) in [6.45, 7) is 10.9. The Kier molecular flexibility index (Phi) is 5.84. The van der Waals surface area contributed by atoms with E-state index in [1.54, 1.807) is 6.20 Å². The van der Waals surface area contributed by atoms with E-state index in [4.69, 9.17) is 18.8 Å². The minimum atomic E-state index is -0.392. The van der Waals surface area contributed by atoms with Crippen molar-refractivity contribution in [1.29, 1.82) is 0 Å². The summed E-state index contributed by atoms with van der Waals surface area (Å²) < 4.78 is 23.3. The van der Waals surface area contributed by atoms with Gasteiger partial charge in [0, 0.05) is 11.6 Å². The summed E-state index contributed by atoms with van der Waals surface area (Å²) in [6, 6.07) is 11.9. The Morgan fingerprint density at radius 3 is 2.55 bits per heavy atom. The van der Waals surface area contributed by atoms with Crippen molar-refractivity contribution in [2.24, 2.45) is 5.92 Å². The fraction of sp³-hybridized carbons (Fsp3) is 0.500. The number of carbonyl (C=O) groups is 1. The smallest absolute Gasteiger partial charge is 0.487 e. The summed E-state index contributed by atoms with van der Waals surface area (Å²) in [5.41, 5.74) is 2.18. The van der Waals surface area contributed by atoms with Crippen molar-refractivity contribution in [1.82, 2.24) is 4.98 Å². The van der Waals surface area contributed by atoms with E-state index in [1.165, 1.54) is 0 Å². The average molecular weight is 423 g/mol. The van der Waals surface area contributed by atoms with Crippen LogP contribution < -0.4 is 10.2 Å². The molecule has 1 saturated carbocycles. The van der Waals surface area contributed by atoms with E-state index in [1.807, 2.05) is 65.0 Å². The molecule has 6 nitrogen and oxygen atoms in total. The zero-order chi connectivity index (χ0) is 22.2. The van der Waals surface area contributed by atoms with Crippen LogP contribution in [0, 0.1) is 5.92 Å². The van der Waals surface area contributed by atoms with Crippen molar-refractivity contribution in [3.05, 3.63) is 53.9 Å². The fourth-order valence-corrected chi connectivity index (χ4v) is 3.70. The van der Waals surface area contributed by atoms with Gasteiger partial charge in [-0.3, -0.25) is 9.78 Å². The molecule has 0 N–H and O–H groups in total. The maximum atomic E-state index is 11.8. The molecule has 1 aromatic heterocycles. The van der Waals surface area contributed by atoms with Crippen LogP contribution in [0.1, 0.15) is 58.2 Å². The number of pyridine rings is 1. The molecule has 7 heteroatoms. The second-order valence-corrected chi connectivity index (χ2v) is 9.24. The van der Waals surface area contributed by atoms with Crippen molar-refractivity contribution in [3.63, 3.8) is 0 Å². The molecule has 4 rings (SSSR count). The van der Waals surface area contributed by atoms with Crippen LogP contribution in [-0.2, 0) is 25.4 Å². The molecule has 1 aliphatic carbocycles. The lowest BCUT2D eigenvalue weighted by molar-refractivity contribution is -0.144. The molecule has 1 aromatic carbocycles. The van der Waals surface area contributed by atoms with Gasteiger partial charge in [-0.2, -0.15) is 0 Å². The molecule has 1 saturated heterocycles. The summed E-state index contributed by atoms with van der Waals surface area (Å²) in [4.78, 5) is 16.3. The van der Waals surface area contributed by atoms with Gasteiger partial charge >= 0.3 is 13.1 Å². The minimum absolute atomic E-state index is 0.0584. The number of hydrogen-bond donors (Lipinski definition) is 0. The first-order chi connectivity index (χ1) is 14.7. The topological polar surface area (TPSA) is 66.9 Å². The van der Waals surface area contributed by atoms with Crippen molar-refractivity contribution < 1.29 is 23.6 Å². The molecule has 2 atom stereocenters. The average Bonchev–Trinajstić information content (AvgIpc) is 3.49. The third-order valence-electron chi connectivity index (χ3n) is 6.40. The van der Waals surface area contributed by atoms with E-state index < -0.39 is 7.12 Å². The molecule has 2 fully saturated rings. The van der Waals surface area contributed by atoms with E-state index in [-0.39, 0.29) is 29.0 Å². The van der Waals surface area contributed by atoms with Gasteiger partial charge in [0.05, 0.1) is 29.9 Å². The van der Waals surface area contributed by atoms with Crippen molar-refractivity contribution in [2.75, 3.05) is 6.61 Å². The third-order valence-corrected chi connectivity index (χ3v) is 6.40. The number of hydrogen-bond acceptors (Lipinski definition) is 6.